The van der Waals surface area contributed by atoms with E-state index in [9.17, 15) is 13.2 Å². The van der Waals surface area contributed by atoms with E-state index in [1.165, 1.54) is 0 Å². The topological polar surface area (TPSA) is 83.5 Å². The molecule has 0 aliphatic heterocycles. The molecule has 0 aliphatic rings. The molecular weight excluding hydrogens is 266 g/mol. The van der Waals surface area contributed by atoms with Crippen LogP contribution >= 0.6 is 0 Å². The van der Waals surface area contributed by atoms with E-state index in [0.717, 1.165) is 16.7 Å². The minimum absolute atomic E-state index is 0.376. The molecule has 5 nitrogen and oxygen atoms in total. The number of nitrogens with one attached hydrogen (secondary N) is 1. The van der Waals surface area contributed by atoms with Crippen LogP contribution in [0.1, 0.15) is 36.1 Å². The number of benzene rings is 1. The van der Waals surface area contributed by atoms with Crippen molar-refractivity contribution in [1.82, 2.24) is 4.72 Å². The highest BCUT2D eigenvalue weighted by Crippen LogP contribution is 2.19. The normalized spacial score (nSPS) is 13.2. The van der Waals surface area contributed by atoms with Crippen molar-refractivity contribution in [2.75, 3.05) is 5.75 Å². The van der Waals surface area contributed by atoms with Gasteiger partial charge in [-0.1, -0.05) is 23.8 Å². The van der Waals surface area contributed by atoms with Gasteiger partial charge in [0.25, 0.3) is 0 Å². The van der Waals surface area contributed by atoms with Crippen LogP contribution in [-0.2, 0) is 14.8 Å². The molecule has 19 heavy (non-hydrogen) atoms. The van der Waals surface area contributed by atoms with Gasteiger partial charge in [0.1, 0.15) is 0 Å². The first kappa shape index (κ1) is 15.7. The summed E-state index contributed by atoms with van der Waals surface area (Å²) < 4.78 is 26.0. The third kappa shape index (κ3) is 5.00. The number of hydrogen-bond donors (Lipinski definition) is 2. The van der Waals surface area contributed by atoms with Crippen LogP contribution in [0, 0.1) is 13.8 Å². The first-order valence-corrected chi connectivity index (χ1v) is 7.65. The van der Waals surface area contributed by atoms with Crippen molar-refractivity contribution in [3.63, 3.8) is 0 Å². The molecule has 1 aromatic carbocycles. The highest BCUT2D eigenvalue weighted by atomic mass is 32.2. The maximum absolute atomic E-state index is 11.7. The molecule has 0 saturated heterocycles. The molecule has 1 unspecified atom stereocenters. The molecule has 0 aromatic heterocycles. The van der Waals surface area contributed by atoms with Crippen LogP contribution in [0.4, 0.5) is 0 Å². The summed E-state index contributed by atoms with van der Waals surface area (Å²) in [7, 11) is -3.58. The minimum Gasteiger partial charge on any atom is -0.481 e. The van der Waals surface area contributed by atoms with Crippen LogP contribution in [0.3, 0.4) is 0 Å². The lowest BCUT2D eigenvalue weighted by molar-refractivity contribution is -0.136. The number of hydrogen-bond acceptors (Lipinski definition) is 3. The molecule has 0 radical (unpaired) electrons. The van der Waals surface area contributed by atoms with Crippen molar-refractivity contribution in [2.24, 2.45) is 0 Å². The van der Waals surface area contributed by atoms with Crippen LogP contribution in [-0.4, -0.2) is 25.2 Å². The number of carboxylic acids is 1. The number of carbonyl (C=O) groups is 1. The molecule has 2 N–H and O–H groups in total. The maximum Gasteiger partial charge on any atom is 0.304 e. The lowest BCUT2D eigenvalue weighted by Crippen LogP contribution is -2.30. The Morgan fingerprint density at radius 3 is 2.58 bits per heavy atom. The molecule has 1 atom stereocenters. The van der Waals surface area contributed by atoms with Gasteiger partial charge in [-0.25, -0.2) is 13.1 Å². The van der Waals surface area contributed by atoms with E-state index < -0.39 is 28.2 Å². The summed E-state index contributed by atoms with van der Waals surface area (Å²) in [6.07, 6.45) is -0.394. The molecular formula is C13H19NO4S. The van der Waals surface area contributed by atoms with Crippen LogP contribution in [0.15, 0.2) is 18.2 Å². The third-order valence-electron chi connectivity index (χ3n) is 2.84. The van der Waals surface area contributed by atoms with E-state index >= 15 is 0 Å². The standard InChI is InChI=1S/C13H19NO4S/c1-9-4-5-10(2)12(8-9)11(3)14-19(17,18)7-6-13(15)16/h4-5,8,11,14H,6-7H2,1-3H3,(H,15,16). The van der Waals surface area contributed by atoms with Gasteiger partial charge in [0.2, 0.25) is 10.0 Å². The average molecular weight is 285 g/mol. The number of rotatable bonds is 6. The molecule has 6 heteroatoms. The zero-order valence-electron chi connectivity index (χ0n) is 11.3. The van der Waals surface area contributed by atoms with E-state index in [2.05, 4.69) is 4.72 Å². The molecule has 0 spiro atoms. The zero-order chi connectivity index (χ0) is 14.6. The third-order valence-corrected chi connectivity index (χ3v) is 4.30. The largest absolute Gasteiger partial charge is 0.481 e. The Kier molecular flexibility index (Phi) is 5.08. The van der Waals surface area contributed by atoms with Gasteiger partial charge < -0.3 is 5.11 Å². The monoisotopic (exact) mass is 285 g/mol. The number of sulfonamides is 1. The van der Waals surface area contributed by atoms with Gasteiger partial charge in [-0.15, -0.1) is 0 Å². The van der Waals surface area contributed by atoms with E-state index in [1.807, 2.05) is 32.0 Å². The SMILES string of the molecule is Cc1ccc(C)c(C(C)NS(=O)(=O)CCC(=O)O)c1. The fraction of sp³-hybridized carbons (Fsp3) is 0.462. The first-order chi connectivity index (χ1) is 8.71. The summed E-state index contributed by atoms with van der Waals surface area (Å²) in [5.41, 5.74) is 2.95. The highest BCUT2D eigenvalue weighted by Gasteiger charge is 2.18. The van der Waals surface area contributed by atoms with Crippen molar-refractivity contribution in [1.29, 1.82) is 0 Å². The van der Waals surface area contributed by atoms with Gasteiger partial charge >= 0.3 is 5.97 Å². The van der Waals surface area contributed by atoms with Gasteiger partial charge in [0.15, 0.2) is 0 Å². The van der Waals surface area contributed by atoms with Gasteiger partial charge in [-0.05, 0) is 31.9 Å². The molecule has 0 fully saturated rings. The van der Waals surface area contributed by atoms with Crippen LogP contribution in [0.2, 0.25) is 0 Å². The van der Waals surface area contributed by atoms with Gasteiger partial charge in [-0.3, -0.25) is 4.79 Å². The molecule has 0 bridgehead atoms. The van der Waals surface area contributed by atoms with Crippen molar-refractivity contribution in [3.05, 3.63) is 34.9 Å². The van der Waals surface area contributed by atoms with Gasteiger partial charge in [0.05, 0.1) is 12.2 Å². The van der Waals surface area contributed by atoms with E-state index in [-0.39, 0.29) is 6.04 Å². The van der Waals surface area contributed by atoms with Crippen LogP contribution in [0.25, 0.3) is 0 Å². The predicted molar refractivity (Wildman–Crippen MR) is 73.5 cm³/mol. The number of carboxylic acid groups (broad SMARTS) is 1. The molecule has 0 heterocycles. The second-order valence-corrected chi connectivity index (χ2v) is 6.54. The fourth-order valence-corrected chi connectivity index (χ4v) is 3.07. The fourth-order valence-electron chi connectivity index (χ4n) is 1.84. The predicted octanol–water partition coefficient (Wildman–Crippen LogP) is 1.76. The van der Waals surface area contributed by atoms with Gasteiger partial charge in [-0.2, -0.15) is 0 Å². The van der Waals surface area contributed by atoms with E-state index in [1.54, 1.807) is 6.92 Å². The van der Waals surface area contributed by atoms with E-state index in [4.69, 9.17) is 5.11 Å². The number of aryl methyl sites for hydroxylation is 2. The lowest BCUT2D eigenvalue weighted by Gasteiger charge is -2.17. The Hall–Kier alpha value is -1.40. The second kappa shape index (κ2) is 6.16. The smallest absolute Gasteiger partial charge is 0.304 e. The van der Waals surface area contributed by atoms with E-state index in [0.29, 0.717) is 0 Å². The summed E-state index contributed by atoms with van der Waals surface area (Å²) in [6.45, 7) is 5.60. The van der Waals surface area contributed by atoms with Gasteiger partial charge in [0, 0.05) is 6.04 Å². The van der Waals surface area contributed by atoms with Crippen molar-refractivity contribution in [2.45, 2.75) is 33.2 Å². The maximum atomic E-state index is 11.7. The van der Waals surface area contributed by atoms with Crippen molar-refractivity contribution in [3.8, 4) is 0 Å². The molecule has 1 aromatic rings. The average Bonchev–Trinajstić information content (AvgIpc) is 2.29. The molecule has 0 saturated carbocycles. The summed E-state index contributed by atoms with van der Waals surface area (Å²) in [5, 5.41) is 8.52. The zero-order valence-corrected chi connectivity index (χ0v) is 12.1. The Morgan fingerprint density at radius 2 is 2.00 bits per heavy atom. The second-order valence-electron chi connectivity index (χ2n) is 4.66. The lowest BCUT2D eigenvalue weighted by atomic mass is 10.0. The Bertz CT molecular complexity index is 566. The van der Waals surface area contributed by atoms with Crippen LogP contribution in [0.5, 0.6) is 0 Å². The molecule has 106 valence electrons. The summed E-state index contributed by atoms with van der Waals surface area (Å²) in [4.78, 5) is 10.4. The summed E-state index contributed by atoms with van der Waals surface area (Å²) >= 11 is 0. The molecule has 0 amide bonds. The van der Waals surface area contributed by atoms with Crippen molar-refractivity contribution >= 4 is 16.0 Å². The van der Waals surface area contributed by atoms with Crippen LogP contribution < -0.4 is 4.72 Å². The summed E-state index contributed by atoms with van der Waals surface area (Å²) in [5.74, 6) is -1.53. The Balaban J connectivity index is 2.81. The molecule has 0 aliphatic carbocycles. The minimum atomic E-state index is -3.58. The first-order valence-electron chi connectivity index (χ1n) is 6.00. The summed E-state index contributed by atoms with van der Waals surface area (Å²) in [6, 6.07) is 5.45. The molecule has 1 rings (SSSR count). The Labute approximate surface area is 113 Å². The number of aliphatic carboxylic acids is 1. The highest BCUT2D eigenvalue weighted by molar-refractivity contribution is 7.89. The van der Waals surface area contributed by atoms with Crippen molar-refractivity contribution < 1.29 is 18.3 Å². The quantitative estimate of drug-likeness (QED) is 0.834. The Morgan fingerprint density at radius 1 is 1.37 bits per heavy atom.